The van der Waals surface area contributed by atoms with Gasteiger partial charge in [0.2, 0.25) is 5.91 Å². The Morgan fingerprint density at radius 3 is 2.88 bits per heavy atom. The van der Waals surface area contributed by atoms with Crippen LogP contribution in [0.25, 0.3) is 0 Å². The van der Waals surface area contributed by atoms with Crippen LogP contribution < -0.4 is 10.6 Å². The Hall–Kier alpha value is -1.13. The van der Waals surface area contributed by atoms with E-state index in [9.17, 15) is 4.79 Å². The van der Waals surface area contributed by atoms with Crippen molar-refractivity contribution < 1.29 is 4.79 Å². The molecule has 1 rings (SSSR count). The number of halogens is 1. The topological polar surface area (TPSA) is 41.1 Å². The molecule has 0 heterocycles. The summed E-state index contributed by atoms with van der Waals surface area (Å²) in [5, 5.41) is 6.45. The summed E-state index contributed by atoms with van der Waals surface area (Å²) in [5.41, 5.74) is 0.762. The molecule has 1 aromatic carbocycles. The van der Waals surface area contributed by atoms with Crippen molar-refractivity contribution in [2.45, 2.75) is 26.2 Å². The first kappa shape index (κ1) is 13.9. The number of amides is 1. The molecular formula is C12H15ClN2OS. The maximum absolute atomic E-state index is 11.4. The van der Waals surface area contributed by atoms with Crippen LogP contribution in [-0.4, -0.2) is 11.0 Å². The van der Waals surface area contributed by atoms with Gasteiger partial charge in [-0.2, -0.15) is 0 Å². The highest BCUT2D eigenvalue weighted by atomic mass is 35.5. The van der Waals surface area contributed by atoms with Gasteiger partial charge in [-0.25, -0.2) is 0 Å². The SMILES string of the molecule is CCCCC(=O)NC(=S)Nc1cccc(Cl)c1. The zero-order chi connectivity index (χ0) is 12.7. The quantitative estimate of drug-likeness (QED) is 0.825. The molecule has 0 aliphatic heterocycles. The summed E-state index contributed by atoms with van der Waals surface area (Å²) in [6.45, 7) is 2.04. The summed E-state index contributed by atoms with van der Waals surface area (Å²) in [6.07, 6.45) is 2.35. The summed E-state index contributed by atoms with van der Waals surface area (Å²) >= 11 is 10.9. The van der Waals surface area contributed by atoms with E-state index >= 15 is 0 Å². The molecule has 92 valence electrons. The average Bonchev–Trinajstić information content (AvgIpc) is 2.26. The fraction of sp³-hybridized carbons (Fsp3) is 0.333. The Labute approximate surface area is 112 Å². The second kappa shape index (κ2) is 7.25. The van der Waals surface area contributed by atoms with Crippen molar-refractivity contribution in [2.75, 3.05) is 5.32 Å². The Morgan fingerprint density at radius 1 is 1.47 bits per heavy atom. The second-order valence-corrected chi connectivity index (χ2v) is 4.46. The van der Waals surface area contributed by atoms with Crippen LogP contribution >= 0.6 is 23.8 Å². The normalized spacial score (nSPS) is 9.76. The van der Waals surface area contributed by atoms with Crippen molar-refractivity contribution in [3.8, 4) is 0 Å². The highest BCUT2D eigenvalue weighted by molar-refractivity contribution is 7.80. The number of hydrogen-bond donors (Lipinski definition) is 2. The molecule has 0 aliphatic carbocycles. The lowest BCUT2D eigenvalue weighted by Crippen LogP contribution is -2.33. The van der Waals surface area contributed by atoms with Crippen LogP contribution in [0, 0.1) is 0 Å². The summed E-state index contributed by atoms with van der Waals surface area (Å²) < 4.78 is 0. The number of anilines is 1. The van der Waals surface area contributed by atoms with Crippen molar-refractivity contribution in [1.82, 2.24) is 5.32 Å². The molecule has 0 fully saturated rings. The predicted octanol–water partition coefficient (Wildman–Crippen LogP) is 3.34. The van der Waals surface area contributed by atoms with Gasteiger partial charge >= 0.3 is 0 Å². The van der Waals surface area contributed by atoms with E-state index < -0.39 is 0 Å². The van der Waals surface area contributed by atoms with E-state index in [0.29, 0.717) is 16.6 Å². The molecule has 5 heteroatoms. The predicted molar refractivity (Wildman–Crippen MR) is 75.3 cm³/mol. The summed E-state index contributed by atoms with van der Waals surface area (Å²) in [4.78, 5) is 11.4. The summed E-state index contributed by atoms with van der Waals surface area (Å²) in [6, 6.07) is 7.16. The number of rotatable bonds is 4. The molecule has 0 saturated carbocycles. The molecule has 17 heavy (non-hydrogen) atoms. The Bertz CT molecular complexity index is 409. The van der Waals surface area contributed by atoms with E-state index in [-0.39, 0.29) is 5.91 Å². The monoisotopic (exact) mass is 270 g/mol. The van der Waals surface area contributed by atoms with Crippen LogP contribution in [0.5, 0.6) is 0 Å². The third-order valence-electron chi connectivity index (χ3n) is 2.09. The van der Waals surface area contributed by atoms with E-state index in [1.54, 1.807) is 12.1 Å². The molecule has 0 bridgehead atoms. The lowest BCUT2D eigenvalue weighted by Gasteiger charge is -2.09. The number of thiocarbonyl (C=S) groups is 1. The van der Waals surface area contributed by atoms with Crippen molar-refractivity contribution >= 4 is 40.5 Å². The van der Waals surface area contributed by atoms with Gasteiger partial charge in [-0.05, 0) is 36.8 Å². The lowest BCUT2D eigenvalue weighted by molar-refractivity contribution is -0.119. The first-order valence-corrected chi connectivity index (χ1v) is 6.27. The molecule has 3 nitrogen and oxygen atoms in total. The van der Waals surface area contributed by atoms with Gasteiger partial charge < -0.3 is 10.6 Å². The van der Waals surface area contributed by atoms with Crippen molar-refractivity contribution in [3.63, 3.8) is 0 Å². The van der Waals surface area contributed by atoms with Crippen LogP contribution in [0.3, 0.4) is 0 Å². The number of unbranched alkanes of at least 4 members (excludes halogenated alkanes) is 1. The molecule has 1 aromatic rings. The fourth-order valence-electron chi connectivity index (χ4n) is 1.26. The first-order chi connectivity index (χ1) is 8.11. The van der Waals surface area contributed by atoms with Crippen molar-refractivity contribution in [3.05, 3.63) is 29.3 Å². The van der Waals surface area contributed by atoms with Gasteiger partial charge in [0, 0.05) is 17.1 Å². The Balaban J connectivity index is 2.42. The number of hydrogen-bond acceptors (Lipinski definition) is 2. The molecule has 0 aromatic heterocycles. The maximum atomic E-state index is 11.4. The molecule has 1 amide bonds. The van der Waals surface area contributed by atoms with Gasteiger partial charge in [0.15, 0.2) is 5.11 Å². The molecule has 0 unspecified atom stereocenters. The number of nitrogens with one attached hydrogen (secondary N) is 2. The number of carbonyl (C=O) groups is 1. The van der Waals surface area contributed by atoms with Gasteiger partial charge in [0.1, 0.15) is 0 Å². The minimum absolute atomic E-state index is 0.0635. The molecule has 2 N–H and O–H groups in total. The average molecular weight is 271 g/mol. The minimum atomic E-state index is -0.0635. The van der Waals surface area contributed by atoms with Gasteiger partial charge in [0.25, 0.3) is 0 Å². The molecular weight excluding hydrogens is 256 g/mol. The zero-order valence-electron chi connectivity index (χ0n) is 9.63. The van der Waals surface area contributed by atoms with Gasteiger partial charge in [-0.1, -0.05) is 31.0 Å². The van der Waals surface area contributed by atoms with Crippen molar-refractivity contribution in [1.29, 1.82) is 0 Å². The van der Waals surface area contributed by atoms with Crippen LogP contribution in [0.15, 0.2) is 24.3 Å². The fourth-order valence-corrected chi connectivity index (χ4v) is 1.68. The van der Waals surface area contributed by atoms with Gasteiger partial charge in [0.05, 0.1) is 0 Å². The molecule has 0 radical (unpaired) electrons. The number of benzene rings is 1. The zero-order valence-corrected chi connectivity index (χ0v) is 11.2. The largest absolute Gasteiger partial charge is 0.332 e. The van der Waals surface area contributed by atoms with Crippen LogP contribution in [-0.2, 0) is 4.79 Å². The minimum Gasteiger partial charge on any atom is -0.332 e. The van der Waals surface area contributed by atoms with Crippen molar-refractivity contribution in [2.24, 2.45) is 0 Å². The van der Waals surface area contributed by atoms with Gasteiger partial charge in [-0.3, -0.25) is 4.79 Å². The standard InChI is InChI=1S/C12H15ClN2OS/c1-2-3-7-11(16)15-12(17)14-10-6-4-5-9(13)8-10/h4-6,8H,2-3,7H2,1H3,(H2,14,15,16,17). The van der Waals surface area contributed by atoms with E-state index in [1.165, 1.54) is 0 Å². The molecule has 0 aliphatic rings. The van der Waals surface area contributed by atoms with Crippen LogP contribution in [0.1, 0.15) is 26.2 Å². The van der Waals surface area contributed by atoms with Crippen LogP contribution in [0.4, 0.5) is 5.69 Å². The van der Waals surface area contributed by atoms with Gasteiger partial charge in [-0.15, -0.1) is 0 Å². The van der Waals surface area contributed by atoms with E-state index in [1.807, 2.05) is 19.1 Å². The Morgan fingerprint density at radius 2 is 2.24 bits per heavy atom. The third-order valence-corrected chi connectivity index (χ3v) is 2.53. The molecule has 0 spiro atoms. The maximum Gasteiger partial charge on any atom is 0.226 e. The number of carbonyl (C=O) groups excluding carboxylic acids is 1. The molecule has 0 atom stereocenters. The lowest BCUT2D eigenvalue weighted by atomic mass is 10.2. The Kier molecular flexibility index (Phi) is 5.94. The first-order valence-electron chi connectivity index (χ1n) is 5.48. The highest BCUT2D eigenvalue weighted by Crippen LogP contribution is 2.14. The smallest absolute Gasteiger partial charge is 0.226 e. The van der Waals surface area contributed by atoms with E-state index in [0.717, 1.165) is 18.5 Å². The summed E-state index contributed by atoms with van der Waals surface area (Å²) in [7, 11) is 0. The van der Waals surface area contributed by atoms with Crippen LogP contribution in [0.2, 0.25) is 5.02 Å². The second-order valence-electron chi connectivity index (χ2n) is 3.62. The molecule has 0 saturated heterocycles. The summed E-state index contributed by atoms with van der Waals surface area (Å²) in [5.74, 6) is -0.0635. The highest BCUT2D eigenvalue weighted by Gasteiger charge is 2.04. The third kappa shape index (κ3) is 5.65. The van der Waals surface area contributed by atoms with E-state index in [4.69, 9.17) is 23.8 Å². The van der Waals surface area contributed by atoms with E-state index in [2.05, 4.69) is 10.6 Å².